The first-order valence-corrected chi connectivity index (χ1v) is 8.34. The van der Waals surface area contributed by atoms with Gasteiger partial charge in [-0.2, -0.15) is 18.3 Å². The molecule has 0 fully saturated rings. The molecule has 1 heterocycles. The Labute approximate surface area is 153 Å². The van der Waals surface area contributed by atoms with Crippen LogP contribution in [0.15, 0.2) is 44.5 Å². The second-order valence-electron chi connectivity index (χ2n) is 4.55. The van der Waals surface area contributed by atoms with Crippen molar-refractivity contribution in [1.29, 1.82) is 0 Å². The number of nitrogens with zero attached hydrogens (tertiary/aromatic N) is 2. The largest absolute Gasteiger partial charge is 0.492 e. The molecule has 0 aliphatic heterocycles. The fourth-order valence-corrected chi connectivity index (χ4v) is 3.19. The molecule has 4 nitrogen and oxygen atoms in total. The highest BCUT2D eigenvalue weighted by molar-refractivity contribution is 9.11. The summed E-state index contributed by atoms with van der Waals surface area (Å²) in [5.74, 6) is 0.898. The highest BCUT2D eigenvalue weighted by Crippen LogP contribution is 2.34. The first kappa shape index (κ1) is 18.7. The molecule has 0 aliphatic carbocycles. The third-order valence-electron chi connectivity index (χ3n) is 2.79. The van der Waals surface area contributed by atoms with E-state index in [1.807, 2.05) is 6.92 Å². The molecule has 0 amide bonds. The van der Waals surface area contributed by atoms with E-state index in [4.69, 9.17) is 4.74 Å². The molecule has 0 saturated carbocycles. The molecule has 1 aromatic heterocycles. The SMILES string of the molecule is CCOc1c(Br)cc(/C=N\Nc2ccc(C(F)(F)F)cn2)cc1Br. The Morgan fingerprint density at radius 3 is 2.42 bits per heavy atom. The number of nitrogens with one attached hydrogen (secondary N) is 1. The molecule has 1 N–H and O–H groups in total. The molecule has 0 aliphatic rings. The van der Waals surface area contributed by atoms with E-state index in [0.717, 1.165) is 26.8 Å². The minimum absolute atomic E-state index is 0.211. The Kier molecular flexibility index (Phi) is 6.22. The average molecular weight is 467 g/mol. The van der Waals surface area contributed by atoms with Crippen LogP contribution in [0, 0.1) is 0 Å². The van der Waals surface area contributed by atoms with Crippen LogP contribution >= 0.6 is 31.9 Å². The molecule has 0 unspecified atom stereocenters. The molecule has 0 radical (unpaired) electrons. The van der Waals surface area contributed by atoms with Crippen LogP contribution in [0.5, 0.6) is 5.75 Å². The first-order chi connectivity index (χ1) is 11.3. The number of ether oxygens (including phenoxy) is 1. The number of rotatable bonds is 5. The Morgan fingerprint density at radius 1 is 1.25 bits per heavy atom. The number of hydrazone groups is 1. The molecule has 24 heavy (non-hydrogen) atoms. The number of halogens is 5. The van der Waals surface area contributed by atoms with Gasteiger partial charge in [0.1, 0.15) is 11.6 Å². The topological polar surface area (TPSA) is 46.5 Å². The van der Waals surface area contributed by atoms with Gasteiger partial charge in [-0.3, -0.25) is 5.43 Å². The number of anilines is 1. The van der Waals surface area contributed by atoms with Gasteiger partial charge in [0.25, 0.3) is 0 Å². The van der Waals surface area contributed by atoms with Crippen LogP contribution < -0.4 is 10.2 Å². The maximum Gasteiger partial charge on any atom is 0.417 e. The Morgan fingerprint density at radius 2 is 1.92 bits per heavy atom. The summed E-state index contributed by atoms with van der Waals surface area (Å²) in [6, 6.07) is 5.77. The van der Waals surface area contributed by atoms with Gasteiger partial charge >= 0.3 is 6.18 Å². The van der Waals surface area contributed by atoms with Crippen molar-refractivity contribution in [1.82, 2.24) is 4.98 Å². The molecule has 0 saturated heterocycles. The average Bonchev–Trinajstić information content (AvgIpc) is 2.50. The predicted molar refractivity (Wildman–Crippen MR) is 93.5 cm³/mol. The van der Waals surface area contributed by atoms with E-state index < -0.39 is 11.7 Å². The molecular formula is C15H12Br2F3N3O. The summed E-state index contributed by atoms with van der Waals surface area (Å²) in [6.45, 7) is 2.42. The van der Waals surface area contributed by atoms with Gasteiger partial charge in [-0.05, 0) is 68.6 Å². The smallest absolute Gasteiger partial charge is 0.417 e. The van der Waals surface area contributed by atoms with Gasteiger partial charge in [0.2, 0.25) is 0 Å². The Hall–Kier alpha value is -1.61. The van der Waals surface area contributed by atoms with Crippen molar-refractivity contribution in [3.63, 3.8) is 0 Å². The number of aromatic nitrogens is 1. The zero-order valence-electron chi connectivity index (χ0n) is 12.4. The lowest BCUT2D eigenvalue weighted by Gasteiger charge is -2.09. The fourth-order valence-electron chi connectivity index (χ4n) is 1.74. The van der Waals surface area contributed by atoms with Crippen molar-refractivity contribution in [3.8, 4) is 5.75 Å². The lowest BCUT2D eigenvalue weighted by molar-refractivity contribution is -0.137. The van der Waals surface area contributed by atoms with Crippen LogP contribution in [0.4, 0.5) is 19.0 Å². The number of hydrogen-bond acceptors (Lipinski definition) is 4. The predicted octanol–water partition coefficient (Wildman–Crippen LogP) is 5.47. The molecule has 0 atom stereocenters. The normalized spacial score (nSPS) is 11.8. The van der Waals surface area contributed by atoms with Gasteiger partial charge in [0, 0.05) is 6.20 Å². The van der Waals surface area contributed by atoms with E-state index in [0.29, 0.717) is 12.4 Å². The summed E-state index contributed by atoms with van der Waals surface area (Å²) < 4.78 is 44.3. The fraction of sp³-hybridized carbons (Fsp3) is 0.200. The van der Waals surface area contributed by atoms with Crippen LogP contribution in [0.25, 0.3) is 0 Å². The number of benzene rings is 1. The van der Waals surface area contributed by atoms with E-state index in [1.165, 1.54) is 12.3 Å². The van der Waals surface area contributed by atoms with Gasteiger partial charge < -0.3 is 4.74 Å². The van der Waals surface area contributed by atoms with Gasteiger partial charge in [-0.15, -0.1) is 0 Å². The molecule has 2 aromatic rings. The minimum atomic E-state index is -4.41. The lowest BCUT2D eigenvalue weighted by Crippen LogP contribution is -2.05. The monoisotopic (exact) mass is 465 g/mol. The minimum Gasteiger partial charge on any atom is -0.492 e. The number of alkyl halides is 3. The van der Waals surface area contributed by atoms with Gasteiger partial charge in [-0.1, -0.05) is 0 Å². The highest BCUT2D eigenvalue weighted by atomic mass is 79.9. The second kappa shape index (κ2) is 7.98. The van der Waals surface area contributed by atoms with E-state index in [1.54, 1.807) is 12.1 Å². The summed E-state index contributed by atoms with van der Waals surface area (Å²) >= 11 is 6.81. The van der Waals surface area contributed by atoms with Crippen molar-refractivity contribution in [3.05, 3.63) is 50.5 Å². The molecule has 128 valence electrons. The number of pyridine rings is 1. The maximum atomic E-state index is 12.4. The van der Waals surface area contributed by atoms with Crippen LogP contribution in [-0.2, 0) is 6.18 Å². The summed E-state index contributed by atoms with van der Waals surface area (Å²) in [5, 5.41) is 3.96. The summed E-state index contributed by atoms with van der Waals surface area (Å²) in [6.07, 6.45) is -2.14. The first-order valence-electron chi connectivity index (χ1n) is 6.75. The third-order valence-corrected chi connectivity index (χ3v) is 3.97. The van der Waals surface area contributed by atoms with Crippen LogP contribution in [0.1, 0.15) is 18.1 Å². The zero-order valence-corrected chi connectivity index (χ0v) is 15.5. The van der Waals surface area contributed by atoms with E-state index >= 15 is 0 Å². The Balaban J connectivity index is 2.06. The van der Waals surface area contributed by atoms with Crippen LogP contribution in [-0.4, -0.2) is 17.8 Å². The van der Waals surface area contributed by atoms with E-state index in [9.17, 15) is 13.2 Å². The third kappa shape index (κ3) is 4.94. The van der Waals surface area contributed by atoms with E-state index in [-0.39, 0.29) is 5.82 Å². The van der Waals surface area contributed by atoms with Crippen molar-refractivity contribution in [2.24, 2.45) is 5.10 Å². The van der Waals surface area contributed by atoms with Gasteiger partial charge in [-0.25, -0.2) is 4.98 Å². The lowest BCUT2D eigenvalue weighted by atomic mass is 10.2. The standard InChI is InChI=1S/C15H12Br2F3N3O/c1-2-24-14-11(16)5-9(6-12(14)17)7-22-23-13-4-3-10(8-21-13)15(18,19)20/h3-8H,2H2,1H3,(H,21,23)/b22-7-. The molecular weight excluding hydrogens is 455 g/mol. The van der Waals surface area contributed by atoms with Crippen molar-refractivity contribution >= 4 is 43.9 Å². The van der Waals surface area contributed by atoms with Gasteiger partial charge in [0.05, 0.1) is 27.3 Å². The summed E-state index contributed by atoms with van der Waals surface area (Å²) in [5.41, 5.74) is 2.53. The van der Waals surface area contributed by atoms with Crippen LogP contribution in [0.2, 0.25) is 0 Å². The molecule has 0 bridgehead atoms. The molecule has 2 rings (SSSR count). The quantitative estimate of drug-likeness (QED) is 0.469. The second-order valence-corrected chi connectivity index (χ2v) is 6.26. The van der Waals surface area contributed by atoms with Crippen molar-refractivity contribution in [2.45, 2.75) is 13.1 Å². The summed E-state index contributed by atoms with van der Waals surface area (Å²) in [4.78, 5) is 3.67. The van der Waals surface area contributed by atoms with E-state index in [2.05, 4.69) is 47.4 Å². The zero-order chi connectivity index (χ0) is 17.7. The molecule has 1 aromatic carbocycles. The highest BCUT2D eigenvalue weighted by Gasteiger charge is 2.30. The van der Waals surface area contributed by atoms with Crippen molar-refractivity contribution in [2.75, 3.05) is 12.0 Å². The Bertz CT molecular complexity index is 711. The summed E-state index contributed by atoms with van der Waals surface area (Å²) in [7, 11) is 0. The van der Waals surface area contributed by atoms with Gasteiger partial charge in [0.15, 0.2) is 0 Å². The van der Waals surface area contributed by atoms with Crippen molar-refractivity contribution < 1.29 is 17.9 Å². The van der Waals surface area contributed by atoms with Crippen LogP contribution in [0.3, 0.4) is 0 Å². The maximum absolute atomic E-state index is 12.4. The molecule has 9 heteroatoms. The number of hydrogen-bond donors (Lipinski definition) is 1. The molecule has 0 spiro atoms.